The molecule has 0 amide bonds. The second-order valence-corrected chi connectivity index (χ2v) is 5.71. The normalized spacial score (nSPS) is 33.3. The molecule has 0 aromatic rings. The summed E-state index contributed by atoms with van der Waals surface area (Å²) in [5.41, 5.74) is 11.2. The molecular formula is C7H16N2S2. The molecule has 1 fully saturated rings. The van der Waals surface area contributed by atoms with Crippen molar-refractivity contribution in [2.75, 3.05) is 13.1 Å². The highest BCUT2D eigenvalue weighted by Crippen LogP contribution is 2.38. The van der Waals surface area contributed by atoms with Crippen LogP contribution in [0.2, 0.25) is 0 Å². The Bertz CT molecular complexity index is 98.6. The first-order valence-corrected chi connectivity index (χ1v) is 6.36. The summed E-state index contributed by atoms with van der Waals surface area (Å²) in [7, 11) is 3.86. The minimum absolute atomic E-state index is 0.663. The average Bonchev–Trinajstić information content (AvgIpc) is 2.28. The van der Waals surface area contributed by atoms with Gasteiger partial charge >= 0.3 is 0 Å². The maximum Gasteiger partial charge on any atom is 0.0274 e. The average molecular weight is 192 g/mol. The Hall–Kier alpha value is 0.620. The fourth-order valence-electron chi connectivity index (χ4n) is 1.14. The molecule has 0 aromatic carbocycles. The van der Waals surface area contributed by atoms with E-state index in [9.17, 15) is 0 Å². The van der Waals surface area contributed by atoms with Crippen molar-refractivity contribution < 1.29 is 0 Å². The van der Waals surface area contributed by atoms with E-state index in [1.54, 1.807) is 0 Å². The van der Waals surface area contributed by atoms with Gasteiger partial charge in [0, 0.05) is 23.6 Å². The first kappa shape index (κ1) is 9.71. The lowest BCUT2D eigenvalue weighted by Gasteiger charge is -2.10. The van der Waals surface area contributed by atoms with Crippen LogP contribution >= 0.6 is 21.6 Å². The molecule has 2 nitrogen and oxygen atoms in total. The third-order valence-corrected chi connectivity index (χ3v) is 5.38. The van der Waals surface area contributed by atoms with E-state index in [0.29, 0.717) is 10.5 Å². The van der Waals surface area contributed by atoms with Crippen LogP contribution in [0.1, 0.15) is 19.3 Å². The Morgan fingerprint density at radius 3 is 1.82 bits per heavy atom. The predicted molar refractivity (Wildman–Crippen MR) is 54.7 cm³/mol. The van der Waals surface area contributed by atoms with Crippen LogP contribution in [0.25, 0.3) is 0 Å². The molecule has 0 aromatic heterocycles. The summed E-state index contributed by atoms with van der Waals surface area (Å²) in [6, 6.07) is 0. The molecule has 0 spiro atoms. The van der Waals surface area contributed by atoms with Gasteiger partial charge in [-0.05, 0) is 12.8 Å². The van der Waals surface area contributed by atoms with Gasteiger partial charge in [-0.25, -0.2) is 0 Å². The minimum atomic E-state index is 0.663. The molecule has 66 valence electrons. The zero-order valence-corrected chi connectivity index (χ0v) is 8.29. The number of rotatable bonds is 2. The first-order chi connectivity index (χ1) is 5.36. The fourth-order valence-corrected chi connectivity index (χ4v) is 4.13. The van der Waals surface area contributed by atoms with Crippen molar-refractivity contribution in [1.29, 1.82) is 0 Å². The largest absolute Gasteiger partial charge is 0.329 e. The summed E-state index contributed by atoms with van der Waals surface area (Å²) < 4.78 is 0. The van der Waals surface area contributed by atoms with E-state index >= 15 is 0 Å². The molecule has 2 atom stereocenters. The molecule has 0 aliphatic carbocycles. The summed E-state index contributed by atoms with van der Waals surface area (Å²) in [6.45, 7) is 1.63. The van der Waals surface area contributed by atoms with Crippen LogP contribution < -0.4 is 11.5 Å². The topological polar surface area (TPSA) is 52.0 Å². The highest BCUT2D eigenvalue weighted by Gasteiger charge is 2.17. The molecule has 0 saturated carbocycles. The van der Waals surface area contributed by atoms with Gasteiger partial charge in [0.2, 0.25) is 0 Å². The summed E-state index contributed by atoms with van der Waals surface area (Å²) in [5, 5.41) is 1.33. The van der Waals surface area contributed by atoms with Crippen molar-refractivity contribution in [2.45, 2.75) is 29.8 Å². The van der Waals surface area contributed by atoms with Gasteiger partial charge in [0.1, 0.15) is 0 Å². The Balaban J connectivity index is 2.27. The van der Waals surface area contributed by atoms with Gasteiger partial charge in [-0.3, -0.25) is 0 Å². The van der Waals surface area contributed by atoms with Gasteiger partial charge in [0.25, 0.3) is 0 Å². The minimum Gasteiger partial charge on any atom is -0.329 e. The molecule has 1 heterocycles. The van der Waals surface area contributed by atoms with Crippen LogP contribution in [-0.4, -0.2) is 23.6 Å². The third kappa shape index (κ3) is 3.23. The number of nitrogens with two attached hydrogens (primary N) is 2. The second-order valence-electron chi connectivity index (χ2n) is 2.84. The van der Waals surface area contributed by atoms with E-state index in [4.69, 9.17) is 11.5 Å². The molecule has 11 heavy (non-hydrogen) atoms. The van der Waals surface area contributed by atoms with Crippen LogP contribution in [0.3, 0.4) is 0 Å². The smallest absolute Gasteiger partial charge is 0.0274 e. The van der Waals surface area contributed by atoms with Crippen LogP contribution in [0, 0.1) is 0 Å². The van der Waals surface area contributed by atoms with E-state index in [1.165, 1.54) is 19.3 Å². The molecule has 2 unspecified atom stereocenters. The second kappa shape index (κ2) is 5.30. The molecule has 1 saturated heterocycles. The Morgan fingerprint density at radius 1 is 1.00 bits per heavy atom. The Labute approximate surface area is 76.2 Å². The quantitative estimate of drug-likeness (QED) is 0.646. The van der Waals surface area contributed by atoms with Crippen LogP contribution in [-0.2, 0) is 0 Å². The highest BCUT2D eigenvalue weighted by atomic mass is 33.1. The zero-order chi connectivity index (χ0) is 8.10. The van der Waals surface area contributed by atoms with Crippen molar-refractivity contribution in [3.63, 3.8) is 0 Å². The monoisotopic (exact) mass is 192 g/mol. The van der Waals surface area contributed by atoms with Crippen molar-refractivity contribution in [3.05, 3.63) is 0 Å². The fraction of sp³-hybridized carbons (Fsp3) is 1.00. The standard InChI is InChI=1S/C7H16N2S2/c8-4-6-2-1-3-7(5-9)11-10-6/h6-7H,1-5,8-9H2. The van der Waals surface area contributed by atoms with E-state index in [2.05, 4.69) is 0 Å². The third-order valence-electron chi connectivity index (χ3n) is 1.91. The van der Waals surface area contributed by atoms with Crippen LogP contribution in [0.4, 0.5) is 0 Å². The summed E-state index contributed by atoms with van der Waals surface area (Å²) in [6.07, 6.45) is 3.83. The zero-order valence-electron chi connectivity index (χ0n) is 6.66. The summed E-state index contributed by atoms with van der Waals surface area (Å²) >= 11 is 0. The Kier molecular flexibility index (Phi) is 4.67. The summed E-state index contributed by atoms with van der Waals surface area (Å²) in [5.74, 6) is 0. The number of hydrogen-bond donors (Lipinski definition) is 2. The molecule has 0 bridgehead atoms. The van der Waals surface area contributed by atoms with Gasteiger partial charge in [0.15, 0.2) is 0 Å². The molecule has 0 radical (unpaired) electrons. The molecular weight excluding hydrogens is 176 g/mol. The molecule has 1 aliphatic heterocycles. The van der Waals surface area contributed by atoms with Crippen LogP contribution in [0.15, 0.2) is 0 Å². The van der Waals surface area contributed by atoms with E-state index in [0.717, 1.165) is 13.1 Å². The molecule has 1 rings (SSSR count). The van der Waals surface area contributed by atoms with Crippen molar-refractivity contribution >= 4 is 21.6 Å². The molecule has 1 aliphatic rings. The lowest BCUT2D eigenvalue weighted by molar-refractivity contribution is 0.648. The van der Waals surface area contributed by atoms with E-state index in [1.807, 2.05) is 21.6 Å². The van der Waals surface area contributed by atoms with Gasteiger partial charge in [-0.15, -0.1) is 0 Å². The van der Waals surface area contributed by atoms with E-state index < -0.39 is 0 Å². The SMILES string of the molecule is NCC1CCCC(CN)SS1. The van der Waals surface area contributed by atoms with Gasteiger partial charge in [-0.2, -0.15) is 0 Å². The Morgan fingerprint density at radius 2 is 1.45 bits per heavy atom. The van der Waals surface area contributed by atoms with Gasteiger partial charge in [-0.1, -0.05) is 28.0 Å². The van der Waals surface area contributed by atoms with Crippen molar-refractivity contribution in [2.24, 2.45) is 11.5 Å². The molecule has 4 N–H and O–H groups in total. The van der Waals surface area contributed by atoms with Crippen molar-refractivity contribution in [3.8, 4) is 0 Å². The van der Waals surface area contributed by atoms with Crippen LogP contribution in [0.5, 0.6) is 0 Å². The van der Waals surface area contributed by atoms with E-state index in [-0.39, 0.29) is 0 Å². The highest BCUT2D eigenvalue weighted by molar-refractivity contribution is 8.77. The van der Waals surface area contributed by atoms with Gasteiger partial charge < -0.3 is 11.5 Å². The lowest BCUT2D eigenvalue weighted by Crippen LogP contribution is -2.15. The maximum absolute atomic E-state index is 5.59. The summed E-state index contributed by atoms with van der Waals surface area (Å²) in [4.78, 5) is 0. The predicted octanol–water partition coefficient (Wildman–Crippen LogP) is 1.21. The number of hydrogen-bond acceptors (Lipinski definition) is 4. The molecule has 4 heteroatoms. The lowest BCUT2D eigenvalue weighted by atomic mass is 10.1. The van der Waals surface area contributed by atoms with Gasteiger partial charge in [0.05, 0.1) is 0 Å². The van der Waals surface area contributed by atoms with Crippen molar-refractivity contribution in [1.82, 2.24) is 0 Å². The first-order valence-electron chi connectivity index (χ1n) is 4.09. The maximum atomic E-state index is 5.59.